The lowest BCUT2D eigenvalue weighted by Crippen LogP contribution is -2.26. The number of fused-ring (bicyclic) bond motifs is 1. The van der Waals surface area contributed by atoms with E-state index in [0.29, 0.717) is 6.20 Å². The largest absolute Gasteiger partial charge is 0.418 e. The van der Waals surface area contributed by atoms with Gasteiger partial charge < -0.3 is 4.57 Å². The molecule has 3 rings (SSSR count). The van der Waals surface area contributed by atoms with Gasteiger partial charge in [0.15, 0.2) is 0 Å². The van der Waals surface area contributed by atoms with Crippen molar-refractivity contribution < 1.29 is 31.1 Å². The van der Waals surface area contributed by atoms with Crippen LogP contribution in [-0.2, 0) is 12.6 Å². The number of ketones is 1. The van der Waals surface area contributed by atoms with E-state index in [0.717, 1.165) is 22.8 Å². The van der Waals surface area contributed by atoms with E-state index in [-0.39, 0.29) is 5.69 Å². The number of aromatic nitrogens is 1. The van der Waals surface area contributed by atoms with Crippen LogP contribution in [0.2, 0.25) is 0 Å². The molecule has 3 nitrogen and oxygen atoms in total. The first kappa shape index (κ1) is 16.1. The lowest BCUT2D eigenvalue weighted by atomic mass is 10.1. The Morgan fingerprint density at radius 3 is 2.50 bits per heavy atom. The maximum Gasteiger partial charge on any atom is 0.418 e. The molecule has 0 fully saturated rings. The molecule has 1 aromatic carbocycles. The fourth-order valence-electron chi connectivity index (χ4n) is 2.64. The molecule has 0 bridgehead atoms. The van der Waals surface area contributed by atoms with Crippen LogP contribution in [0.25, 0.3) is 5.69 Å². The number of hydrogen-bond donors (Lipinski definition) is 0. The molecule has 0 saturated carbocycles. The van der Waals surface area contributed by atoms with E-state index >= 15 is 0 Å². The minimum Gasteiger partial charge on any atom is -0.319 e. The molecule has 124 valence electrons. The molecular formula is C15H6F6N2O. The Kier molecular flexibility index (Phi) is 3.27. The fraction of sp³-hybridized carbons (Fsp3) is 0.200. The average molecular weight is 344 g/mol. The smallest absolute Gasteiger partial charge is 0.319 e. The minimum absolute atomic E-state index is 0.120. The molecule has 1 aliphatic carbocycles. The first-order chi connectivity index (χ1) is 11.1. The second-order valence-electron chi connectivity index (χ2n) is 5.22. The van der Waals surface area contributed by atoms with Crippen molar-refractivity contribution in [3.63, 3.8) is 0 Å². The summed E-state index contributed by atoms with van der Waals surface area (Å²) in [6.07, 6.45) is -5.70. The quantitative estimate of drug-likeness (QED) is 0.737. The average Bonchev–Trinajstić information content (AvgIpc) is 2.95. The van der Waals surface area contributed by atoms with E-state index in [1.54, 1.807) is 0 Å². The molecule has 0 amide bonds. The maximum absolute atomic E-state index is 13.6. The highest BCUT2D eigenvalue weighted by molar-refractivity contribution is 6.07. The SMILES string of the molecule is N#Cc1cc(-n2cc(C(F)(F)F)c3c2CC(F)(F)C3=O)ccc1F. The van der Waals surface area contributed by atoms with Crippen LogP contribution in [0.15, 0.2) is 24.4 Å². The normalized spacial score (nSPS) is 16.1. The highest BCUT2D eigenvalue weighted by atomic mass is 19.4. The number of alkyl halides is 5. The molecule has 0 aliphatic heterocycles. The molecule has 24 heavy (non-hydrogen) atoms. The number of rotatable bonds is 1. The van der Waals surface area contributed by atoms with Gasteiger partial charge in [0.05, 0.1) is 23.1 Å². The molecule has 2 aromatic rings. The Morgan fingerprint density at radius 1 is 1.25 bits per heavy atom. The standard InChI is InChI=1S/C15H6F6N2O/c16-10-2-1-8(3-7(10)5-22)23-6-9(15(19,20)21)12-11(23)4-14(17,18)13(12)24/h1-3,6H,4H2. The van der Waals surface area contributed by atoms with Gasteiger partial charge in [-0.05, 0) is 18.2 Å². The van der Waals surface area contributed by atoms with Crippen molar-refractivity contribution in [3.8, 4) is 11.8 Å². The van der Waals surface area contributed by atoms with E-state index in [4.69, 9.17) is 5.26 Å². The number of benzene rings is 1. The summed E-state index contributed by atoms with van der Waals surface area (Å²) >= 11 is 0. The number of nitriles is 1. The van der Waals surface area contributed by atoms with Crippen LogP contribution in [-0.4, -0.2) is 16.3 Å². The van der Waals surface area contributed by atoms with Crippen molar-refractivity contribution in [3.05, 3.63) is 52.6 Å². The third kappa shape index (κ3) is 2.26. The van der Waals surface area contributed by atoms with E-state index in [9.17, 15) is 31.1 Å². The predicted octanol–water partition coefficient (Wildman–Crippen LogP) is 3.88. The fourth-order valence-corrected chi connectivity index (χ4v) is 2.64. The van der Waals surface area contributed by atoms with Crippen LogP contribution in [0, 0.1) is 17.1 Å². The van der Waals surface area contributed by atoms with Crippen LogP contribution in [0.4, 0.5) is 26.3 Å². The van der Waals surface area contributed by atoms with Crippen LogP contribution < -0.4 is 0 Å². The summed E-state index contributed by atoms with van der Waals surface area (Å²) in [6, 6.07) is 4.31. The third-order valence-corrected chi connectivity index (χ3v) is 3.71. The Bertz CT molecular complexity index is 904. The highest BCUT2D eigenvalue weighted by Gasteiger charge is 2.53. The molecule has 1 aromatic heterocycles. The second kappa shape index (κ2) is 4.87. The van der Waals surface area contributed by atoms with Crippen molar-refractivity contribution in [1.29, 1.82) is 5.26 Å². The zero-order valence-corrected chi connectivity index (χ0v) is 11.6. The summed E-state index contributed by atoms with van der Waals surface area (Å²) in [4.78, 5) is 11.6. The Labute approximate surface area is 130 Å². The van der Waals surface area contributed by atoms with E-state index in [2.05, 4.69) is 0 Å². The van der Waals surface area contributed by atoms with E-state index in [1.807, 2.05) is 0 Å². The van der Waals surface area contributed by atoms with Crippen molar-refractivity contribution in [1.82, 2.24) is 4.57 Å². The minimum atomic E-state index is -5.01. The second-order valence-corrected chi connectivity index (χ2v) is 5.22. The van der Waals surface area contributed by atoms with Crippen molar-refractivity contribution in [2.75, 3.05) is 0 Å². The van der Waals surface area contributed by atoms with Gasteiger partial charge in [0.25, 0.3) is 0 Å². The predicted molar refractivity (Wildman–Crippen MR) is 68.4 cm³/mol. The summed E-state index contributed by atoms with van der Waals surface area (Å²) in [5.41, 5.74) is -3.67. The number of halogens is 6. The Balaban J connectivity index is 2.28. The number of Topliss-reactive ketones (excluding diaryl/α,β-unsaturated/α-hetero) is 1. The first-order valence-electron chi connectivity index (χ1n) is 6.50. The molecule has 0 radical (unpaired) electrons. The van der Waals surface area contributed by atoms with Gasteiger partial charge in [0, 0.05) is 17.6 Å². The lowest BCUT2D eigenvalue weighted by Gasteiger charge is -2.11. The third-order valence-electron chi connectivity index (χ3n) is 3.71. The number of nitrogens with zero attached hydrogens (tertiary/aromatic N) is 2. The van der Waals surface area contributed by atoms with Crippen molar-refractivity contribution in [2.45, 2.75) is 18.5 Å². The van der Waals surface area contributed by atoms with Gasteiger partial charge in [0.1, 0.15) is 11.9 Å². The van der Waals surface area contributed by atoms with Gasteiger partial charge in [0.2, 0.25) is 5.78 Å². The van der Waals surface area contributed by atoms with Crippen LogP contribution >= 0.6 is 0 Å². The molecular weight excluding hydrogens is 338 g/mol. The van der Waals surface area contributed by atoms with Crippen molar-refractivity contribution >= 4 is 5.78 Å². The van der Waals surface area contributed by atoms with Gasteiger partial charge in [-0.2, -0.15) is 27.2 Å². The number of carbonyl (C=O) groups excluding carboxylic acids is 1. The number of hydrogen-bond acceptors (Lipinski definition) is 2. The molecule has 0 N–H and O–H groups in total. The first-order valence-corrected chi connectivity index (χ1v) is 6.50. The Morgan fingerprint density at radius 2 is 1.92 bits per heavy atom. The number of carbonyl (C=O) groups is 1. The van der Waals surface area contributed by atoms with Crippen LogP contribution in [0.3, 0.4) is 0 Å². The maximum atomic E-state index is 13.6. The van der Waals surface area contributed by atoms with Gasteiger partial charge >= 0.3 is 12.1 Å². The van der Waals surface area contributed by atoms with Crippen molar-refractivity contribution in [2.24, 2.45) is 0 Å². The van der Waals surface area contributed by atoms with E-state index in [1.165, 1.54) is 6.07 Å². The summed E-state index contributed by atoms with van der Waals surface area (Å²) < 4.78 is 80.5. The molecule has 0 atom stereocenters. The molecule has 1 heterocycles. The molecule has 9 heteroatoms. The Hall–Kier alpha value is -2.76. The zero-order valence-electron chi connectivity index (χ0n) is 11.6. The van der Waals surface area contributed by atoms with Crippen LogP contribution in [0.1, 0.15) is 27.2 Å². The lowest BCUT2D eigenvalue weighted by molar-refractivity contribution is -0.137. The highest BCUT2D eigenvalue weighted by Crippen LogP contribution is 2.44. The molecule has 0 spiro atoms. The molecule has 0 saturated heterocycles. The summed E-state index contributed by atoms with van der Waals surface area (Å²) in [6.45, 7) is 0. The zero-order chi connectivity index (χ0) is 17.9. The molecule has 0 unspecified atom stereocenters. The topological polar surface area (TPSA) is 45.8 Å². The molecule has 1 aliphatic rings. The summed E-state index contributed by atoms with van der Waals surface area (Å²) in [5.74, 6) is -6.74. The van der Waals surface area contributed by atoms with Crippen LogP contribution in [0.5, 0.6) is 0 Å². The summed E-state index contributed by atoms with van der Waals surface area (Å²) in [7, 11) is 0. The van der Waals surface area contributed by atoms with Gasteiger partial charge in [-0.3, -0.25) is 4.79 Å². The monoisotopic (exact) mass is 344 g/mol. The van der Waals surface area contributed by atoms with Gasteiger partial charge in [-0.1, -0.05) is 0 Å². The van der Waals surface area contributed by atoms with E-state index < -0.39 is 52.5 Å². The summed E-state index contributed by atoms with van der Waals surface area (Å²) in [5, 5.41) is 8.79. The van der Waals surface area contributed by atoms with Gasteiger partial charge in [-0.25, -0.2) is 4.39 Å². The van der Waals surface area contributed by atoms with Gasteiger partial charge in [-0.15, -0.1) is 0 Å².